The molecule has 1 saturated carbocycles. The third-order valence-electron chi connectivity index (χ3n) is 8.04. The molecule has 1 fully saturated rings. The molecule has 0 aromatic carbocycles. The molecule has 1 aliphatic carbocycles. The van der Waals surface area contributed by atoms with Crippen molar-refractivity contribution in [2.75, 3.05) is 0 Å². The van der Waals surface area contributed by atoms with E-state index in [-0.39, 0.29) is 22.3 Å². The average molecular weight is 479 g/mol. The topological polar surface area (TPSA) is 18.5 Å². The molecule has 0 bridgehead atoms. The van der Waals surface area contributed by atoms with Crippen LogP contribution in [-0.4, -0.2) is 28.8 Å². The highest BCUT2D eigenvalue weighted by molar-refractivity contribution is 6.74. The van der Waals surface area contributed by atoms with Crippen molar-refractivity contribution in [3.63, 3.8) is 0 Å². The van der Waals surface area contributed by atoms with Gasteiger partial charge in [-0.05, 0) is 67.9 Å². The Morgan fingerprint density at radius 1 is 1.00 bits per heavy atom. The predicted molar refractivity (Wildman–Crippen MR) is 147 cm³/mol. The maximum atomic E-state index is 6.90. The van der Waals surface area contributed by atoms with Crippen molar-refractivity contribution in [3.05, 3.63) is 31.2 Å². The normalized spacial score (nSPS) is 24.3. The van der Waals surface area contributed by atoms with E-state index in [1.165, 1.54) is 19.3 Å². The largest absolute Gasteiger partial charge is 0.413 e. The third kappa shape index (κ3) is 8.56. The van der Waals surface area contributed by atoms with Gasteiger partial charge in [0.05, 0.1) is 12.2 Å². The van der Waals surface area contributed by atoms with Gasteiger partial charge in [0.2, 0.25) is 0 Å². The minimum Gasteiger partial charge on any atom is -0.413 e. The monoisotopic (exact) mass is 478 g/mol. The molecule has 0 heterocycles. The van der Waals surface area contributed by atoms with Crippen molar-refractivity contribution in [1.29, 1.82) is 0 Å². The Morgan fingerprint density at radius 2 is 1.59 bits per heavy atom. The van der Waals surface area contributed by atoms with E-state index in [1.54, 1.807) is 0 Å². The molecule has 1 aliphatic rings. The molecule has 0 N–H and O–H groups in total. The Bertz CT molecular complexity index is 596. The summed E-state index contributed by atoms with van der Waals surface area (Å²) in [7, 11) is -3.66. The van der Waals surface area contributed by atoms with Crippen LogP contribution in [0.1, 0.15) is 87.0 Å². The molecule has 0 amide bonds. The Balaban J connectivity index is 3.10. The summed E-state index contributed by atoms with van der Waals surface area (Å²) < 4.78 is 13.8. The van der Waals surface area contributed by atoms with Crippen LogP contribution >= 0.6 is 0 Å². The summed E-state index contributed by atoms with van der Waals surface area (Å²) >= 11 is 0. The lowest BCUT2D eigenvalue weighted by Crippen LogP contribution is -2.45. The molecule has 0 spiro atoms. The first-order chi connectivity index (χ1) is 14.6. The molecule has 32 heavy (non-hydrogen) atoms. The van der Waals surface area contributed by atoms with E-state index >= 15 is 0 Å². The Labute approximate surface area is 203 Å². The summed E-state index contributed by atoms with van der Waals surface area (Å²) in [5.41, 5.74) is 0. The van der Waals surface area contributed by atoms with E-state index in [0.29, 0.717) is 11.8 Å². The van der Waals surface area contributed by atoms with Gasteiger partial charge in [0.15, 0.2) is 16.6 Å². The van der Waals surface area contributed by atoms with Crippen molar-refractivity contribution in [3.8, 4) is 0 Å². The van der Waals surface area contributed by atoms with E-state index in [4.69, 9.17) is 8.85 Å². The maximum Gasteiger partial charge on any atom is 0.192 e. The van der Waals surface area contributed by atoms with Gasteiger partial charge in [-0.3, -0.25) is 0 Å². The van der Waals surface area contributed by atoms with Crippen molar-refractivity contribution in [2.24, 2.45) is 11.8 Å². The van der Waals surface area contributed by atoms with E-state index in [9.17, 15) is 0 Å². The van der Waals surface area contributed by atoms with Gasteiger partial charge < -0.3 is 8.85 Å². The Kier molecular flexibility index (Phi) is 11.2. The zero-order valence-electron chi connectivity index (χ0n) is 23.3. The molecule has 0 aromatic heterocycles. The van der Waals surface area contributed by atoms with Gasteiger partial charge >= 0.3 is 0 Å². The van der Waals surface area contributed by atoms with Crippen LogP contribution in [0.5, 0.6) is 0 Å². The number of unbranched alkanes of at least 4 members (excludes halogenated alkanes) is 2. The lowest BCUT2D eigenvalue weighted by molar-refractivity contribution is 0.148. The SMILES string of the molecule is C=CC[C@H]1[C]C[C@@H](O[Si](C)(C)C(C)(C)C)[C@H]1C=C[C@H](CCCCC)O[Si](C)(C)C(C)(C)C. The second-order valence-electron chi connectivity index (χ2n) is 12.8. The number of hydrogen-bond acceptors (Lipinski definition) is 2. The molecule has 0 saturated heterocycles. The summed E-state index contributed by atoms with van der Waals surface area (Å²) in [6, 6.07) is 0. The van der Waals surface area contributed by atoms with E-state index in [0.717, 1.165) is 19.3 Å². The second kappa shape index (κ2) is 12.0. The van der Waals surface area contributed by atoms with Gasteiger partial charge in [0.1, 0.15) is 0 Å². The van der Waals surface area contributed by atoms with Gasteiger partial charge in [-0.15, -0.1) is 6.58 Å². The third-order valence-corrected chi connectivity index (χ3v) is 17.0. The molecular weight excluding hydrogens is 424 g/mol. The zero-order valence-corrected chi connectivity index (χ0v) is 25.3. The lowest BCUT2D eigenvalue weighted by Gasteiger charge is -2.40. The summed E-state index contributed by atoms with van der Waals surface area (Å²) in [6.45, 7) is 29.7. The highest BCUT2D eigenvalue weighted by Crippen LogP contribution is 2.44. The number of hydrogen-bond donors (Lipinski definition) is 0. The van der Waals surface area contributed by atoms with E-state index in [1.807, 2.05) is 6.08 Å². The summed E-state index contributed by atoms with van der Waals surface area (Å²) in [5.74, 6) is 0.751. The Hall–Kier alpha value is -0.166. The van der Waals surface area contributed by atoms with Gasteiger partial charge in [-0.1, -0.05) is 86.0 Å². The highest BCUT2D eigenvalue weighted by Gasteiger charge is 2.44. The van der Waals surface area contributed by atoms with Gasteiger partial charge in [0, 0.05) is 5.92 Å². The van der Waals surface area contributed by atoms with E-state index in [2.05, 4.69) is 99.8 Å². The van der Waals surface area contributed by atoms with Gasteiger partial charge in [-0.25, -0.2) is 0 Å². The summed E-state index contributed by atoms with van der Waals surface area (Å²) in [5, 5.41) is 0.435. The minimum atomic E-state index is -1.83. The fraction of sp³-hybridized carbons (Fsp3) is 0.821. The summed E-state index contributed by atoms with van der Waals surface area (Å²) in [4.78, 5) is 0. The van der Waals surface area contributed by atoms with Crippen LogP contribution in [0.25, 0.3) is 0 Å². The highest BCUT2D eigenvalue weighted by atomic mass is 28.4. The zero-order chi connectivity index (χ0) is 24.8. The van der Waals surface area contributed by atoms with Crippen LogP contribution in [0, 0.1) is 18.3 Å². The lowest BCUT2D eigenvalue weighted by atomic mass is 9.91. The first kappa shape index (κ1) is 29.9. The molecule has 2 nitrogen and oxygen atoms in total. The number of allylic oxidation sites excluding steroid dienone is 1. The van der Waals surface area contributed by atoms with Crippen molar-refractivity contribution >= 4 is 16.6 Å². The molecule has 1 rings (SSSR count). The standard InChI is InChI=1S/C28H54O2Si2/c1-13-15-16-18-24(29-31(9,10)27(3,4)5)20-21-25-23(17-14-2)19-22-26(25)30-32(11,12)28(6,7)8/h14,20-21,23-26H,2,13,15-18,22H2,1,3-12H3/t23-,24-,25-,26+/m0/s1. The fourth-order valence-electron chi connectivity index (χ4n) is 3.75. The minimum absolute atomic E-state index is 0.195. The van der Waals surface area contributed by atoms with Crippen LogP contribution in [0.4, 0.5) is 0 Å². The van der Waals surface area contributed by atoms with Gasteiger partial charge in [0.25, 0.3) is 0 Å². The molecule has 186 valence electrons. The fourth-order valence-corrected chi connectivity index (χ4v) is 6.41. The first-order valence-electron chi connectivity index (χ1n) is 12.9. The number of rotatable bonds is 12. The van der Waals surface area contributed by atoms with Crippen LogP contribution in [0.3, 0.4) is 0 Å². The van der Waals surface area contributed by atoms with Gasteiger partial charge in [-0.2, -0.15) is 0 Å². The molecule has 2 radical (unpaired) electrons. The van der Waals surface area contributed by atoms with Crippen LogP contribution < -0.4 is 0 Å². The quantitative estimate of drug-likeness (QED) is 0.158. The molecular formula is C28H54O2Si2. The molecule has 0 aromatic rings. The Morgan fingerprint density at radius 3 is 2.09 bits per heavy atom. The second-order valence-corrected chi connectivity index (χ2v) is 22.3. The molecule has 0 unspecified atom stereocenters. The predicted octanol–water partition coefficient (Wildman–Crippen LogP) is 9.20. The average Bonchev–Trinajstić information content (AvgIpc) is 2.98. The molecule has 4 heteroatoms. The molecule has 0 aliphatic heterocycles. The van der Waals surface area contributed by atoms with Crippen LogP contribution in [0.2, 0.25) is 36.3 Å². The van der Waals surface area contributed by atoms with Crippen molar-refractivity contribution in [1.82, 2.24) is 0 Å². The van der Waals surface area contributed by atoms with Crippen LogP contribution in [-0.2, 0) is 8.85 Å². The van der Waals surface area contributed by atoms with Crippen molar-refractivity contribution in [2.45, 2.75) is 135 Å². The van der Waals surface area contributed by atoms with Crippen molar-refractivity contribution < 1.29 is 8.85 Å². The first-order valence-corrected chi connectivity index (χ1v) is 18.8. The van der Waals surface area contributed by atoms with Crippen LogP contribution in [0.15, 0.2) is 24.8 Å². The molecule has 4 atom stereocenters. The smallest absolute Gasteiger partial charge is 0.192 e. The van der Waals surface area contributed by atoms with E-state index < -0.39 is 16.6 Å². The summed E-state index contributed by atoms with van der Waals surface area (Å²) in [6.07, 6.45) is 17.7. The maximum absolute atomic E-state index is 6.90.